The number of halogens is 2. The molecule has 2 aliphatic rings. The van der Waals surface area contributed by atoms with Gasteiger partial charge in [-0.05, 0) is 142 Å². The number of carbonyl (C=O) groups is 4. The van der Waals surface area contributed by atoms with Crippen LogP contribution in [0.25, 0.3) is 22.3 Å². The molecule has 4 aromatic carbocycles. The first-order chi connectivity index (χ1) is 33.9. The molecule has 0 heterocycles. The summed E-state index contributed by atoms with van der Waals surface area (Å²) in [5, 5.41) is 18.6. The minimum Gasteiger partial charge on any atom is -0.478 e. The summed E-state index contributed by atoms with van der Waals surface area (Å²) in [6.45, 7) is 8.94. The molecule has 0 aromatic heterocycles. The van der Waals surface area contributed by atoms with Crippen LogP contribution < -0.4 is 0 Å². The van der Waals surface area contributed by atoms with Crippen molar-refractivity contribution < 1.29 is 29.4 Å². The number of carbonyl (C=O) groups excluding carboxylic acids is 2. The number of aromatic carboxylic acids is 2. The molecule has 0 bridgehead atoms. The van der Waals surface area contributed by atoms with Gasteiger partial charge in [-0.2, -0.15) is 0 Å². The van der Waals surface area contributed by atoms with Crippen LogP contribution in [0.3, 0.4) is 0 Å². The predicted octanol–water partition coefficient (Wildman–Crippen LogP) is 19.1. The van der Waals surface area contributed by atoms with Crippen LogP contribution in [-0.2, 0) is 10.8 Å². The van der Waals surface area contributed by atoms with E-state index < -0.39 is 22.4 Å². The first-order valence-corrected chi connectivity index (χ1v) is 28.1. The Bertz CT molecular complexity index is 2020. The van der Waals surface area contributed by atoms with Gasteiger partial charge < -0.3 is 10.2 Å². The molecule has 0 atom stereocenters. The zero-order valence-corrected chi connectivity index (χ0v) is 44.5. The number of carboxylic acids is 2. The second kappa shape index (κ2) is 28.7. The van der Waals surface area contributed by atoms with E-state index in [-0.39, 0.29) is 10.8 Å². The van der Waals surface area contributed by atoms with Crippen molar-refractivity contribution in [2.75, 3.05) is 0 Å². The zero-order valence-electron chi connectivity index (χ0n) is 43.0. The van der Waals surface area contributed by atoms with Crippen molar-refractivity contribution in [2.45, 2.75) is 218 Å². The Morgan fingerprint density at radius 1 is 0.343 bits per heavy atom. The van der Waals surface area contributed by atoms with Crippen LogP contribution in [0, 0.1) is 0 Å². The number of unbranched alkanes of at least 4 members (excludes halogenated alkanes) is 20. The highest BCUT2D eigenvalue weighted by atomic mass is 35.5. The maximum atomic E-state index is 12.1. The van der Waals surface area contributed by atoms with E-state index in [1.807, 2.05) is 60.7 Å². The third kappa shape index (κ3) is 14.5. The largest absolute Gasteiger partial charge is 0.478 e. The Balaban J connectivity index is 0.000000261. The molecule has 2 N–H and O–H groups in total. The number of rotatable bonds is 32. The summed E-state index contributed by atoms with van der Waals surface area (Å²) < 4.78 is 0. The normalized spacial score (nSPS) is 13.5. The highest BCUT2D eigenvalue weighted by Crippen LogP contribution is 2.56. The summed E-state index contributed by atoms with van der Waals surface area (Å²) in [6, 6.07) is 22.7. The van der Waals surface area contributed by atoms with Crippen molar-refractivity contribution in [2.24, 2.45) is 0 Å². The fraction of sp³-hybridized carbons (Fsp3) is 0.548. The number of fused-ring (bicyclic) bond motifs is 6. The maximum absolute atomic E-state index is 12.1. The molecule has 0 unspecified atom stereocenters. The number of carboxylic acid groups (broad SMARTS) is 2. The van der Waals surface area contributed by atoms with E-state index in [2.05, 4.69) is 27.7 Å². The van der Waals surface area contributed by atoms with Crippen LogP contribution in [-0.4, -0.2) is 32.6 Å². The molecule has 4 aromatic rings. The van der Waals surface area contributed by atoms with Crippen molar-refractivity contribution in [3.8, 4) is 22.3 Å². The van der Waals surface area contributed by atoms with E-state index in [0.717, 1.165) is 97.6 Å². The molecule has 0 amide bonds. The molecular formula is C62H82Cl2O6. The summed E-state index contributed by atoms with van der Waals surface area (Å²) in [4.78, 5) is 47.9. The van der Waals surface area contributed by atoms with Gasteiger partial charge in [-0.3, -0.25) is 9.59 Å². The summed E-state index contributed by atoms with van der Waals surface area (Å²) in [7, 11) is 0. The predicted molar refractivity (Wildman–Crippen MR) is 292 cm³/mol. The molecule has 6 nitrogen and oxygen atoms in total. The molecule has 0 radical (unpaired) electrons. The molecule has 0 saturated heterocycles. The van der Waals surface area contributed by atoms with Gasteiger partial charge in [0.15, 0.2) is 0 Å². The second-order valence-electron chi connectivity index (χ2n) is 20.4. The Labute approximate surface area is 430 Å². The Kier molecular flexibility index (Phi) is 23.2. The van der Waals surface area contributed by atoms with E-state index in [1.165, 1.54) is 127 Å². The van der Waals surface area contributed by atoms with E-state index in [1.54, 1.807) is 12.1 Å². The number of benzene rings is 4. The van der Waals surface area contributed by atoms with Gasteiger partial charge in [0.05, 0.1) is 11.1 Å². The smallest absolute Gasteiger partial charge is 0.335 e. The molecule has 0 aliphatic heterocycles. The maximum Gasteiger partial charge on any atom is 0.335 e. The molecule has 6 rings (SSSR count). The van der Waals surface area contributed by atoms with Crippen LogP contribution >= 0.6 is 23.2 Å². The Morgan fingerprint density at radius 2 is 0.557 bits per heavy atom. The second-order valence-corrected chi connectivity index (χ2v) is 21.1. The quantitative estimate of drug-likeness (QED) is 0.0373. The molecular weight excluding hydrogens is 912 g/mol. The molecule has 70 heavy (non-hydrogen) atoms. The van der Waals surface area contributed by atoms with Gasteiger partial charge in [0.2, 0.25) is 0 Å². The third-order valence-electron chi connectivity index (χ3n) is 15.5. The van der Waals surface area contributed by atoms with Gasteiger partial charge in [0.25, 0.3) is 10.5 Å². The molecule has 2 aliphatic carbocycles. The van der Waals surface area contributed by atoms with Crippen molar-refractivity contribution in [3.63, 3.8) is 0 Å². The molecule has 0 spiro atoms. The first-order valence-electron chi connectivity index (χ1n) is 27.3. The van der Waals surface area contributed by atoms with Crippen LogP contribution in [0.1, 0.15) is 271 Å². The van der Waals surface area contributed by atoms with Gasteiger partial charge >= 0.3 is 11.9 Å². The molecule has 0 saturated carbocycles. The van der Waals surface area contributed by atoms with E-state index in [9.17, 15) is 29.4 Å². The van der Waals surface area contributed by atoms with Crippen molar-refractivity contribution >= 4 is 45.6 Å². The van der Waals surface area contributed by atoms with Gasteiger partial charge in [-0.15, -0.1) is 0 Å². The molecule has 8 heteroatoms. The zero-order chi connectivity index (χ0) is 50.5. The highest BCUT2D eigenvalue weighted by molar-refractivity contribution is 6.68. The van der Waals surface area contributed by atoms with Gasteiger partial charge in [0.1, 0.15) is 0 Å². The third-order valence-corrected chi connectivity index (χ3v) is 15.9. The van der Waals surface area contributed by atoms with E-state index in [0.29, 0.717) is 22.3 Å². The van der Waals surface area contributed by atoms with E-state index in [4.69, 9.17) is 23.2 Å². The van der Waals surface area contributed by atoms with Crippen LogP contribution in [0.4, 0.5) is 0 Å². The minimum absolute atomic E-state index is 0.217. The fourth-order valence-electron chi connectivity index (χ4n) is 11.7. The SMILES string of the molecule is CCCCCCCCC1(CCCCCCCC)c2cc(C(=O)Cl)ccc2-c2ccc(C(=O)Cl)cc21.CCCCCCCCC1(CCCCCCCC)c2cc(C(=O)O)ccc2-c2ccc(C(=O)O)cc21. The van der Waals surface area contributed by atoms with Gasteiger partial charge in [0, 0.05) is 22.0 Å². The fourth-order valence-corrected chi connectivity index (χ4v) is 11.9. The van der Waals surface area contributed by atoms with Crippen molar-refractivity contribution in [1.29, 1.82) is 0 Å². The summed E-state index contributed by atoms with van der Waals surface area (Å²) >= 11 is 11.9. The lowest BCUT2D eigenvalue weighted by Crippen LogP contribution is -2.26. The summed E-state index contributed by atoms with van der Waals surface area (Å²) in [5.41, 5.74) is 10.2. The summed E-state index contributed by atoms with van der Waals surface area (Å²) in [5.74, 6) is -1.83. The van der Waals surface area contributed by atoms with Crippen LogP contribution in [0.15, 0.2) is 72.8 Å². The Morgan fingerprint density at radius 3 is 0.786 bits per heavy atom. The lowest BCUT2D eigenvalue weighted by Gasteiger charge is -2.33. The van der Waals surface area contributed by atoms with E-state index >= 15 is 0 Å². The van der Waals surface area contributed by atoms with Crippen molar-refractivity contribution in [1.82, 2.24) is 0 Å². The highest BCUT2D eigenvalue weighted by Gasteiger charge is 2.44. The number of hydrogen-bond acceptors (Lipinski definition) is 4. The minimum atomic E-state index is -0.914. The van der Waals surface area contributed by atoms with Crippen LogP contribution in [0.2, 0.25) is 0 Å². The van der Waals surface area contributed by atoms with Gasteiger partial charge in [-0.1, -0.05) is 206 Å². The number of hydrogen-bond donors (Lipinski definition) is 2. The lowest BCUT2D eigenvalue weighted by atomic mass is 9.70. The monoisotopic (exact) mass is 993 g/mol. The van der Waals surface area contributed by atoms with Crippen molar-refractivity contribution in [3.05, 3.63) is 117 Å². The summed E-state index contributed by atoms with van der Waals surface area (Å²) in [6.07, 6.45) is 33.0. The average Bonchev–Trinajstić information content (AvgIpc) is 3.78. The first kappa shape index (κ1) is 56.7. The Hall–Kier alpha value is -4.26. The standard InChI is InChI=1S/C31H40Cl2O2.C31H42O4/c1-3-5-7-9-11-13-19-31(20-14-12-10-8-6-4-2)27-21-23(29(32)34)15-17-25(27)26-18-16-24(30(33)35)22-28(26)31;1-3-5-7-9-11-13-19-31(20-14-12-10-8-6-4-2)27-21-23(29(32)33)15-17-25(27)26-18-16-24(30(34)35)22-28(26)31/h15-18,21-22H,3-14,19-20H2,1-2H3;15-18,21-22H,3-14,19-20H2,1-2H3,(H,32,33)(H,34,35). The average molecular weight is 994 g/mol. The topological polar surface area (TPSA) is 109 Å². The molecule has 380 valence electrons. The lowest BCUT2D eigenvalue weighted by molar-refractivity contribution is 0.0686. The van der Waals surface area contributed by atoms with Crippen LogP contribution in [0.5, 0.6) is 0 Å². The molecule has 0 fully saturated rings. The van der Waals surface area contributed by atoms with Gasteiger partial charge in [-0.25, -0.2) is 9.59 Å².